The highest BCUT2D eigenvalue weighted by Crippen LogP contribution is 2.38. The van der Waals surface area contributed by atoms with Crippen LogP contribution >= 0.6 is 0 Å². The van der Waals surface area contributed by atoms with Crippen molar-refractivity contribution in [3.63, 3.8) is 0 Å². The minimum atomic E-state index is -0.499. The van der Waals surface area contributed by atoms with Crippen LogP contribution in [0.4, 0.5) is 17.4 Å². The molecule has 0 aliphatic heterocycles. The van der Waals surface area contributed by atoms with Crippen LogP contribution in [0, 0.1) is 13.8 Å². The first kappa shape index (κ1) is 18.3. The molecule has 2 heterocycles. The lowest BCUT2D eigenvalue weighted by atomic mass is 10.0. The average Bonchev–Trinajstić information content (AvgIpc) is 3.05. The first-order chi connectivity index (χ1) is 14.0. The topological polar surface area (TPSA) is 113 Å². The van der Waals surface area contributed by atoms with E-state index in [0.29, 0.717) is 16.9 Å². The molecule has 2 N–H and O–H groups in total. The van der Waals surface area contributed by atoms with Gasteiger partial charge in [-0.1, -0.05) is 35.5 Å². The molecule has 0 spiro atoms. The van der Waals surface area contributed by atoms with Crippen molar-refractivity contribution < 1.29 is 14.4 Å². The summed E-state index contributed by atoms with van der Waals surface area (Å²) in [5.41, 5.74) is 1.69. The maximum absolute atomic E-state index is 12.9. The first-order valence-electron chi connectivity index (χ1n) is 8.86. The molecule has 0 fully saturated rings. The summed E-state index contributed by atoms with van der Waals surface area (Å²) in [6.07, 6.45) is 1.57. The van der Waals surface area contributed by atoms with Gasteiger partial charge in [0.05, 0.1) is 11.3 Å². The molecule has 0 aliphatic rings. The zero-order valence-corrected chi connectivity index (χ0v) is 15.7. The van der Waals surface area contributed by atoms with Gasteiger partial charge in [0.2, 0.25) is 0 Å². The van der Waals surface area contributed by atoms with Crippen LogP contribution in [0.1, 0.15) is 21.6 Å². The van der Waals surface area contributed by atoms with Crippen LogP contribution in [0.5, 0.6) is 5.75 Å². The minimum Gasteiger partial charge on any atom is -0.505 e. The maximum atomic E-state index is 12.9. The van der Waals surface area contributed by atoms with Crippen molar-refractivity contribution in [2.75, 3.05) is 5.32 Å². The van der Waals surface area contributed by atoms with Gasteiger partial charge < -0.3 is 14.9 Å². The molecule has 4 rings (SSSR count). The zero-order chi connectivity index (χ0) is 20.4. The van der Waals surface area contributed by atoms with Crippen LogP contribution in [0.25, 0.3) is 10.8 Å². The Morgan fingerprint density at radius 3 is 2.62 bits per heavy atom. The number of nitrogens with one attached hydrogen (secondary N) is 1. The summed E-state index contributed by atoms with van der Waals surface area (Å²) in [7, 11) is 0. The number of nitrogens with zero attached hydrogens (tertiary/aromatic N) is 4. The number of anilines is 1. The number of aromatic nitrogens is 2. The van der Waals surface area contributed by atoms with E-state index >= 15 is 0 Å². The highest BCUT2D eigenvalue weighted by molar-refractivity contribution is 6.16. The maximum Gasteiger partial charge on any atom is 0.272 e. The molecule has 144 valence electrons. The highest BCUT2D eigenvalue weighted by atomic mass is 16.5. The SMILES string of the molecule is Cc1noc(N=Nc2cc3ccccc3c(C(=O)Nc3ccccn3)c2O)c1C. The second-order valence-electron chi connectivity index (χ2n) is 6.41. The minimum absolute atomic E-state index is 0.0909. The third-order valence-electron chi connectivity index (χ3n) is 4.52. The summed E-state index contributed by atoms with van der Waals surface area (Å²) < 4.78 is 5.12. The molecule has 0 saturated heterocycles. The van der Waals surface area contributed by atoms with Crippen LogP contribution in [-0.2, 0) is 0 Å². The molecule has 8 heteroatoms. The predicted molar refractivity (Wildman–Crippen MR) is 108 cm³/mol. The highest BCUT2D eigenvalue weighted by Gasteiger charge is 2.20. The number of hydrogen-bond donors (Lipinski definition) is 2. The van der Waals surface area contributed by atoms with E-state index < -0.39 is 5.91 Å². The van der Waals surface area contributed by atoms with Crippen LogP contribution in [-0.4, -0.2) is 21.2 Å². The fourth-order valence-electron chi connectivity index (χ4n) is 2.84. The molecule has 0 atom stereocenters. The number of aryl methyl sites for hydroxylation is 1. The van der Waals surface area contributed by atoms with Gasteiger partial charge in [-0.3, -0.25) is 4.79 Å². The summed E-state index contributed by atoms with van der Waals surface area (Å²) >= 11 is 0. The summed E-state index contributed by atoms with van der Waals surface area (Å²) in [6, 6.07) is 14.0. The van der Waals surface area contributed by atoms with Crippen molar-refractivity contribution in [2.24, 2.45) is 10.2 Å². The molecule has 0 bridgehead atoms. The number of phenolic OH excluding ortho intramolecular Hbond substituents is 1. The smallest absolute Gasteiger partial charge is 0.272 e. The number of hydrogen-bond acceptors (Lipinski definition) is 7. The number of pyridine rings is 1. The summed E-state index contributed by atoms with van der Waals surface area (Å²) in [5, 5.41) is 26.8. The number of phenols is 1. The molecule has 8 nitrogen and oxygen atoms in total. The molecule has 1 amide bonds. The van der Waals surface area contributed by atoms with Gasteiger partial charge in [-0.05, 0) is 42.8 Å². The lowest BCUT2D eigenvalue weighted by molar-refractivity contribution is 0.102. The van der Waals surface area contributed by atoms with Crippen LogP contribution in [0.2, 0.25) is 0 Å². The second-order valence-corrected chi connectivity index (χ2v) is 6.41. The van der Waals surface area contributed by atoms with Gasteiger partial charge in [-0.25, -0.2) is 4.98 Å². The van der Waals surface area contributed by atoms with Crippen molar-refractivity contribution in [1.29, 1.82) is 0 Å². The van der Waals surface area contributed by atoms with E-state index in [2.05, 4.69) is 25.7 Å². The Kier molecular flexibility index (Phi) is 4.74. The molecular weight excluding hydrogens is 370 g/mol. The Labute approximate surface area is 165 Å². The Hall–Kier alpha value is -4.07. The second kappa shape index (κ2) is 7.51. The van der Waals surface area contributed by atoms with Crippen molar-refractivity contribution in [3.8, 4) is 5.75 Å². The average molecular weight is 387 g/mol. The lowest BCUT2D eigenvalue weighted by Crippen LogP contribution is -2.13. The van der Waals surface area contributed by atoms with Gasteiger partial charge in [-0.15, -0.1) is 10.2 Å². The lowest BCUT2D eigenvalue weighted by Gasteiger charge is -2.11. The van der Waals surface area contributed by atoms with Crippen molar-refractivity contribution in [2.45, 2.75) is 13.8 Å². The molecule has 4 aromatic rings. The summed E-state index contributed by atoms with van der Waals surface area (Å²) in [6.45, 7) is 3.61. The first-order valence-corrected chi connectivity index (χ1v) is 8.86. The van der Waals surface area contributed by atoms with E-state index in [-0.39, 0.29) is 22.9 Å². The third kappa shape index (κ3) is 3.55. The van der Waals surface area contributed by atoms with Crippen LogP contribution in [0.3, 0.4) is 0 Å². The zero-order valence-electron chi connectivity index (χ0n) is 15.7. The number of azo groups is 1. The van der Waals surface area contributed by atoms with E-state index in [1.54, 1.807) is 49.5 Å². The Morgan fingerprint density at radius 1 is 1.10 bits per heavy atom. The van der Waals surface area contributed by atoms with Gasteiger partial charge in [0.15, 0.2) is 5.75 Å². The Bertz CT molecular complexity index is 1230. The van der Waals surface area contributed by atoms with E-state index in [0.717, 1.165) is 10.9 Å². The molecule has 29 heavy (non-hydrogen) atoms. The fourth-order valence-corrected chi connectivity index (χ4v) is 2.84. The van der Waals surface area contributed by atoms with E-state index in [1.165, 1.54) is 0 Å². The number of rotatable bonds is 4. The molecule has 0 aliphatic carbocycles. The summed E-state index contributed by atoms with van der Waals surface area (Å²) in [4.78, 5) is 17.0. The number of aromatic hydroxyl groups is 1. The number of benzene rings is 2. The van der Waals surface area contributed by atoms with Crippen molar-refractivity contribution in [1.82, 2.24) is 10.1 Å². The molecule has 2 aromatic carbocycles. The molecular formula is C21H17N5O3. The fraction of sp³-hybridized carbons (Fsp3) is 0.0952. The molecule has 0 saturated carbocycles. The monoisotopic (exact) mass is 387 g/mol. The van der Waals surface area contributed by atoms with Gasteiger partial charge in [0.1, 0.15) is 11.5 Å². The quantitative estimate of drug-likeness (QED) is 0.467. The normalized spacial score (nSPS) is 11.2. The summed E-state index contributed by atoms with van der Waals surface area (Å²) in [5.74, 6) is -0.161. The van der Waals surface area contributed by atoms with Crippen molar-refractivity contribution >= 4 is 34.1 Å². The Balaban J connectivity index is 1.79. The Morgan fingerprint density at radius 2 is 1.90 bits per heavy atom. The van der Waals surface area contributed by atoms with E-state index in [9.17, 15) is 9.90 Å². The number of carbonyl (C=O) groups excluding carboxylic acids is 1. The third-order valence-corrected chi connectivity index (χ3v) is 4.52. The van der Waals surface area contributed by atoms with Crippen LogP contribution in [0.15, 0.2) is 69.5 Å². The van der Waals surface area contributed by atoms with Crippen LogP contribution < -0.4 is 5.32 Å². The van der Waals surface area contributed by atoms with E-state index in [1.807, 2.05) is 19.1 Å². The number of fused-ring (bicyclic) bond motifs is 1. The van der Waals surface area contributed by atoms with Gasteiger partial charge in [0, 0.05) is 11.8 Å². The van der Waals surface area contributed by atoms with Crippen molar-refractivity contribution in [3.05, 3.63) is 71.5 Å². The van der Waals surface area contributed by atoms with Gasteiger partial charge in [0.25, 0.3) is 11.8 Å². The molecule has 0 unspecified atom stereocenters. The predicted octanol–water partition coefficient (Wildman–Crippen LogP) is 5.21. The molecule has 2 aromatic heterocycles. The number of carbonyl (C=O) groups is 1. The van der Waals surface area contributed by atoms with Gasteiger partial charge >= 0.3 is 0 Å². The molecule has 0 radical (unpaired) electrons. The number of amides is 1. The standard InChI is InChI=1S/C21H17N5O3/c1-12-13(2)26-29-21(12)25-24-16-11-14-7-3-4-8-15(14)18(19(16)27)20(28)23-17-9-5-6-10-22-17/h3-11,27H,1-2H3,(H,22,23,28). The van der Waals surface area contributed by atoms with Gasteiger partial charge in [-0.2, -0.15) is 0 Å². The largest absolute Gasteiger partial charge is 0.505 e. The van der Waals surface area contributed by atoms with E-state index in [4.69, 9.17) is 4.52 Å².